The Balaban J connectivity index is 0.880. The molecule has 2 saturated heterocycles. The number of anilines is 1. The van der Waals surface area contributed by atoms with Crippen molar-refractivity contribution in [3.8, 4) is 0 Å². The van der Waals surface area contributed by atoms with Gasteiger partial charge in [0.25, 0.3) is 0 Å². The molecule has 16 nitrogen and oxygen atoms in total. The van der Waals surface area contributed by atoms with Crippen LogP contribution >= 0.6 is 0 Å². The fourth-order valence-corrected chi connectivity index (χ4v) is 6.97. The molecular weight excluding hydrogens is 712 g/mol. The summed E-state index contributed by atoms with van der Waals surface area (Å²) in [6, 6.07) is 14.4. The largest absolute Gasteiger partial charge is 0.511 e. The van der Waals surface area contributed by atoms with E-state index in [-0.39, 0.29) is 61.2 Å². The summed E-state index contributed by atoms with van der Waals surface area (Å²) in [6.45, 7) is 3.13. The lowest BCUT2D eigenvalue weighted by Crippen LogP contribution is -2.52. The van der Waals surface area contributed by atoms with E-state index in [1.165, 1.54) is 6.21 Å². The minimum atomic E-state index is -0.878. The van der Waals surface area contributed by atoms with E-state index >= 15 is 0 Å². The van der Waals surface area contributed by atoms with E-state index in [1.807, 2.05) is 36.4 Å². The average molecular weight is 757 g/mol. The molecular formula is C39H44N6O10. The van der Waals surface area contributed by atoms with Crippen LogP contribution in [-0.2, 0) is 51.3 Å². The van der Waals surface area contributed by atoms with Gasteiger partial charge in [-0.05, 0) is 35.1 Å². The summed E-state index contributed by atoms with van der Waals surface area (Å²) in [4.78, 5) is 84.2. The molecule has 1 aliphatic carbocycles. The number of aliphatic imine (C=N–C) groups is 1. The van der Waals surface area contributed by atoms with Crippen LogP contribution in [0, 0.1) is 0 Å². The molecule has 0 spiro atoms. The Kier molecular flexibility index (Phi) is 13.2. The van der Waals surface area contributed by atoms with Crippen molar-refractivity contribution >= 4 is 47.5 Å². The summed E-state index contributed by atoms with van der Waals surface area (Å²) in [5.41, 5.74) is 3.25. The monoisotopic (exact) mass is 756 g/mol. The topological polar surface area (TPSA) is 196 Å². The Morgan fingerprint density at radius 2 is 1.78 bits per heavy atom. The van der Waals surface area contributed by atoms with E-state index < -0.39 is 30.8 Å². The molecule has 3 heterocycles. The highest BCUT2D eigenvalue weighted by Crippen LogP contribution is 2.33. The van der Waals surface area contributed by atoms with Crippen molar-refractivity contribution in [1.82, 2.24) is 20.0 Å². The van der Waals surface area contributed by atoms with Crippen LogP contribution < -0.4 is 10.6 Å². The van der Waals surface area contributed by atoms with Crippen LogP contribution in [0.1, 0.15) is 48.3 Å². The van der Waals surface area contributed by atoms with Crippen molar-refractivity contribution in [1.29, 1.82) is 0 Å². The van der Waals surface area contributed by atoms with Gasteiger partial charge in [0.15, 0.2) is 5.78 Å². The van der Waals surface area contributed by atoms with Crippen molar-refractivity contribution < 1.29 is 48.1 Å². The SMILES string of the molecule is O=C1CCC(N2COCc3cccc(NC(=O)OCOC(=O)/C=C/C(=O)N4CCN(CCN=CC5=C(O)CC(c6ccccc6)CC5=O)CC4)c3C2)C(=O)N1. The second-order valence-electron chi connectivity index (χ2n) is 13.6. The fraction of sp³-hybridized carbons (Fsp3) is 0.410. The number of piperidine rings is 1. The Hall–Kier alpha value is -5.71. The lowest BCUT2D eigenvalue weighted by Gasteiger charge is -2.33. The zero-order valence-corrected chi connectivity index (χ0v) is 30.3. The molecule has 4 amide bonds. The van der Waals surface area contributed by atoms with E-state index in [2.05, 4.69) is 20.5 Å². The van der Waals surface area contributed by atoms with Gasteiger partial charge < -0.3 is 24.2 Å². The highest BCUT2D eigenvalue weighted by molar-refractivity contribution is 6.14. The third kappa shape index (κ3) is 10.5. The molecule has 3 aliphatic heterocycles. The van der Waals surface area contributed by atoms with E-state index in [4.69, 9.17) is 14.2 Å². The number of rotatable bonds is 11. The van der Waals surface area contributed by atoms with Crippen LogP contribution in [0.5, 0.6) is 0 Å². The van der Waals surface area contributed by atoms with Gasteiger partial charge in [-0.1, -0.05) is 42.5 Å². The van der Waals surface area contributed by atoms with Gasteiger partial charge in [-0.2, -0.15) is 0 Å². The number of hydrogen-bond donors (Lipinski definition) is 3. The predicted molar refractivity (Wildman–Crippen MR) is 197 cm³/mol. The number of Topliss-reactive ketones (excluding diaryl/α,β-unsaturated/α-hetero) is 1. The van der Waals surface area contributed by atoms with Gasteiger partial charge in [0.05, 0.1) is 24.8 Å². The van der Waals surface area contributed by atoms with Gasteiger partial charge in [0.1, 0.15) is 12.5 Å². The van der Waals surface area contributed by atoms with Crippen LogP contribution in [0.4, 0.5) is 10.5 Å². The number of aliphatic hydroxyl groups excluding tert-OH is 1. The number of allylic oxidation sites excluding steroid dienone is 2. The van der Waals surface area contributed by atoms with Gasteiger partial charge >= 0.3 is 12.1 Å². The second kappa shape index (κ2) is 18.6. The Morgan fingerprint density at radius 1 is 0.982 bits per heavy atom. The molecule has 3 N–H and O–H groups in total. The van der Waals surface area contributed by atoms with Crippen molar-refractivity contribution in [2.24, 2.45) is 4.99 Å². The third-order valence-electron chi connectivity index (χ3n) is 9.99. The number of ketones is 1. The first-order valence-electron chi connectivity index (χ1n) is 18.2. The molecule has 0 radical (unpaired) electrons. The van der Waals surface area contributed by atoms with E-state index in [0.717, 1.165) is 28.8 Å². The van der Waals surface area contributed by atoms with Crippen LogP contribution in [0.25, 0.3) is 0 Å². The first-order chi connectivity index (χ1) is 26.6. The lowest BCUT2D eigenvalue weighted by molar-refractivity contribution is -0.146. The molecule has 2 fully saturated rings. The van der Waals surface area contributed by atoms with Crippen molar-refractivity contribution in [3.63, 3.8) is 0 Å². The van der Waals surface area contributed by atoms with Crippen LogP contribution in [0.15, 0.2) is 77.0 Å². The molecule has 2 aromatic rings. The van der Waals surface area contributed by atoms with E-state index in [0.29, 0.717) is 64.2 Å². The van der Waals surface area contributed by atoms with E-state index in [9.17, 15) is 33.9 Å². The number of nitrogens with zero attached hydrogens (tertiary/aromatic N) is 4. The molecule has 55 heavy (non-hydrogen) atoms. The van der Waals surface area contributed by atoms with E-state index in [1.54, 1.807) is 21.9 Å². The normalized spacial score (nSPS) is 21.3. The zero-order valence-electron chi connectivity index (χ0n) is 30.3. The average Bonchev–Trinajstić information content (AvgIpc) is 3.40. The first-order valence-corrected chi connectivity index (χ1v) is 18.2. The Morgan fingerprint density at radius 3 is 2.55 bits per heavy atom. The number of hydrogen-bond acceptors (Lipinski definition) is 13. The highest BCUT2D eigenvalue weighted by Gasteiger charge is 2.34. The molecule has 2 unspecified atom stereocenters. The summed E-state index contributed by atoms with van der Waals surface area (Å²) in [5.74, 6) is -2.04. The summed E-state index contributed by atoms with van der Waals surface area (Å²) >= 11 is 0. The summed E-state index contributed by atoms with van der Waals surface area (Å²) in [5, 5.41) is 15.5. The number of carbonyl (C=O) groups is 6. The number of esters is 1. The molecule has 0 aromatic heterocycles. The summed E-state index contributed by atoms with van der Waals surface area (Å²) < 4.78 is 15.7. The number of benzene rings is 2. The van der Waals surface area contributed by atoms with Crippen molar-refractivity contribution in [2.75, 3.05) is 58.1 Å². The van der Waals surface area contributed by atoms with Gasteiger partial charge in [-0.25, -0.2) is 9.59 Å². The maximum absolute atomic E-state index is 12.7. The maximum atomic E-state index is 12.7. The lowest BCUT2D eigenvalue weighted by atomic mass is 9.83. The molecule has 6 rings (SSSR count). The number of ether oxygens (including phenoxy) is 3. The molecule has 290 valence electrons. The van der Waals surface area contributed by atoms with Crippen molar-refractivity contribution in [3.05, 3.63) is 88.7 Å². The minimum Gasteiger partial charge on any atom is -0.511 e. The van der Waals surface area contributed by atoms with Crippen LogP contribution in [-0.4, -0.2) is 120 Å². The molecule has 2 aromatic carbocycles. The predicted octanol–water partition coefficient (Wildman–Crippen LogP) is 2.56. The van der Waals surface area contributed by atoms with Gasteiger partial charge in [0, 0.05) is 82.6 Å². The first kappa shape index (κ1) is 39.0. The third-order valence-corrected chi connectivity index (χ3v) is 9.99. The summed E-state index contributed by atoms with van der Waals surface area (Å²) in [7, 11) is 0. The maximum Gasteiger partial charge on any atom is 0.414 e. The Bertz CT molecular complexity index is 1870. The standard InChI is InChI=1S/C39H44N6O10/c46-33-19-28(26-5-2-1-3-6-26)20-34(47)29(33)21-40-13-14-43-15-17-44(18-16-43)36(49)11-12-37(50)54-25-55-39(52)41-31-8-4-7-27-23-53-24-45(22-30(27)31)32-9-10-35(48)42-38(32)51/h1-8,11-12,21,28,32,46H,9-10,13-20,22-25H2,(H,41,52)(H,42,48,51)/b12-11+,40-21?. The number of nitrogens with one attached hydrogen (secondary N) is 2. The van der Waals surface area contributed by atoms with Crippen LogP contribution in [0.3, 0.4) is 0 Å². The second-order valence-corrected chi connectivity index (χ2v) is 13.6. The quantitative estimate of drug-likeness (QED) is 0.0999. The number of piperazine rings is 1. The highest BCUT2D eigenvalue weighted by atomic mass is 16.7. The number of fused-ring (bicyclic) bond motifs is 1. The number of imide groups is 1. The summed E-state index contributed by atoms with van der Waals surface area (Å²) in [6.07, 6.45) is 3.98. The van der Waals surface area contributed by atoms with Crippen molar-refractivity contribution in [2.45, 2.75) is 50.8 Å². The van der Waals surface area contributed by atoms with Gasteiger partial charge in [-0.3, -0.25) is 44.6 Å². The molecule has 0 bridgehead atoms. The van der Waals surface area contributed by atoms with Crippen LogP contribution in [0.2, 0.25) is 0 Å². The van der Waals surface area contributed by atoms with Gasteiger partial charge in [0.2, 0.25) is 24.5 Å². The molecule has 0 saturated carbocycles. The number of carbonyl (C=O) groups excluding carboxylic acids is 6. The molecule has 4 aliphatic rings. The number of aliphatic hydroxyl groups is 1. The smallest absolute Gasteiger partial charge is 0.414 e. The zero-order chi connectivity index (χ0) is 38.7. The minimum absolute atomic E-state index is 0.0454. The van der Waals surface area contributed by atoms with Gasteiger partial charge in [-0.15, -0.1) is 0 Å². The fourth-order valence-electron chi connectivity index (χ4n) is 6.97. The molecule has 2 atom stereocenters. The molecule has 16 heteroatoms. The Labute approximate surface area is 317 Å². The number of amides is 4.